The Labute approximate surface area is 199 Å². The van der Waals surface area contributed by atoms with E-state index in [0.29, 0.717) is 5.56 Å². The summed E-state index contributed by atoms with van der Waals surface area (Å²) in [4.78, 5) is 4.69. The predicted molar refractivity (Wildman–Crippen MR) is 143 cm³/mol. The Morgan fingerprint density at radius 1 is 0.879 bits per heavy atom. The highest BCUT2D eigenvalue weighted by molar-refractivity contribution is 6.90. The van der Waals surface area contributed by atoms with Gasteiger partial charge in [-0.3, -0.25) is 4.98 Å². The van der Waals surface area contributed by atoms with Crippen LogP contribution in [-0.4, -0.2) is 13.1 Å². The van der Waals surface area contributed by atoms with Gasteiger partial charge in [-0.15, -0.1) is 0 Å². The zero-order chi connectivity index (χ0) is 23.8. The van der Waals surface area contributed by atoms with Crippen molar-refractivity contribution in [3.8, 4) is 28.5 Å². The quantitative estimate of drug-likeness (QED) is 0.302. The highest BCUT2D eigenvalue weighted by Gasteiger charge is 2.21. The maximum atomic E-state index is 9.76. The molecule has 4 aromatic rings. The van der Waals surface area contributed by atoms with Crippen molar-refractivity contribution < 1.29 is 0 Å². The number of aromatic nitrogens is 1. The molecule has 0 N–H and O–H groups in total. The van der Waals surface area contributed by atoms with E-state index >= 15 is 0 Å². The number of hydrogen-bond acceptors (Lipinski definition) is 2. The molecular formula is C30H32N2Si. The van der Waals surface area contributed by atoms with E-state index in [9.17, 15) is 5.26 Å². The lowest BCUT2D eigenvalue weighted by Crippen LogP contribution is -2.38. The second-order valence-corrected chi connectivity index (χ2v) is 16.2. The number of rotatable bonds is 4. The molecule has 3 aromatic carbocycles. The zero-order valence-corrected chi connectivity index (χ0v) is 21.5. The molecule has 0 saturated carbocycles. The summed E-state index contributed by atoms with van der Waals surface area (Å²) in [5, 5.41) is 13.8. The summed E-state index contributed by atoms with van der Waals surface area (Å²) < 4.78 is 0. The number of hydrogen-bond donors (Lipinski definition) is 0. The normalized spacial score (nSPS) is 12.0. The molecule has 0 saturated heterocycles. The molecule has 0 aliphatic carbocycles. The first-order valence-electron chi connectivity index (χ1n) is 11.6. The standard InChI is InChI=1S/C30H32N2Si/c1-30(2,3)18-21-11-13-22(14-12-21)27-17-28(32-20-25(27)19-31)24-15-23-9-7-8-10-26(23)29(16-24)33(4,5)6/h7-17,20H,18H2,1-6H3. The lowest BCUT2D eigenvalue weighted by Gasteiger charge is -2.21. The van der Waals surface area contributed by atoms with Crippen LogP contribution in [0.15, 0.2) is 72.9 Å². The van der Waals surface area contributed by atoms with Crippen LogP contribution in [0, 0.1) is 16.7 Å². The van der Waals surface area contributed by atoms with Gasteiger partial charge in [-0.2, -0.15) is 5.26 Å². The molecule has 0 atom stereocenters. The van der Waals surface area contributed by atoms with E-state index in [2.05, 4.69) is 113 Å². The molecule has 0 aliphatic heterocycles. The van der Waals surface area contributed by atoms with Gasteiger partial charge in [0.1, 0.15) is 6.07 Å². The predicted octanol–water partition coefficient (Wildman–Crippen LogP) is 7.57. The average molecular weight is 449 g/mol. The van der Waals surface area contributed by atoms with Crippen LogP contribution in [-0.2, 0) is 6.42 Å². The van der Waals surface area contributed by atoms with Crippen molar-refractivity contribution in [2.24, 2.45) is 5.41 Å². The fourth-order valence-corrected chi connectivity index (χ4v) is 6.06. The van der Waals surface area contributed by atoms with Crippen LogP contribution in [0.1, 0.15) is 31.9 Å². The van der Waals surface area contributed by atoms with E-state index in [1.54, 1.807) is 6.20 Å². The van der Waals surface area contributed by atoms with Gasteiger partial charge in [-0.05, 0) is 45.9 Å². The molecule has 0 amide bonds. The first-order valence-corrected chi connectivity index (χ1v) is 15.1. The fraction of sp³-hybridized carbons (Fsp3) is 0.267. The number of pyridine rings is 1. The van der Waals surface area contributed by atoms with Crippen molar-refractivity contribution >= 4 is 24.0 Å². The van der Waals surface area contributed by atoms with Crippen molar-refractivity contribution in [1.29, 1.82) is 5.26 Å². The Morgan fingerprint density at radius 2 is 1.58 bits per heavy atom. The minimum atomic E-state index is -1.56. The first kappa shape index (κ1) is 23.0. The summed E-state index contributed by atoms with van der Waals surface area (Å²) in [6, 6.07) is 26.2. The van der Waals surface area contributed by atoms with Crippen LogP contribution in [0.2, 0.25) is 19.6 Å². The van der Waals surface area contributed by atoms with Gasteiger partial charge in [0.05, 0.1) is 19.3 Å². The molecule has 33 heavy (non-hydrogen) atoms. The summed E-state index contributed by atoms with van der Waals surface area (Å²) in [5.41, 5.74) is 6.18. The van der Waals surface area contributed by atoms with E-state index in [0.717, 1.165) is 28.8 Å². The van der Waals surface area contributed by atoms with Gasteiger partial charge in [0.25, 0.3) is 0 Å². The third kappa shape index (κ3) is 5.07. The topological polar surface area (TPSA) is 36.7 Å². The summed E-state index contributed by atoms with van der Waals surface area (Å²) in [6.07, 6.45) is 2.74. The minimum absolute atomic E-state index is 0.243. The molecule has 0 aliphatic rings. The van der Waals surface area contributed by atoms with E-state index in [1.165, 1.54) is 21.5 Å². The van der Waals surface area contributed by atoms with Crippen molar-refractivity contribution in [3.63, 3.8) is 0 Å². The zero-order valence-electron chi connectivity index (χ0n) is 20.5. The Bertz CT molecular complexity index is 1350. The van der Waals surface area contributed by atoms with Crippen LogP contribution < -0.4 is 5.19 Å². The maximum Gasteiger partial charge on any atom is 0.101 e. The lowest BCUT2D eigenvalue weighted by atomic mass is 9.87. The summed E-state index contributed by atoms with van der Waals surface area (Å²) in [5.74, 6) is 0. The number of benzene rings is 3. The Morgan fingerprint density at radius 3 is 2.21 bits per heavy atom. The molecule has 1 aromatic heterocycles. The monoisotopic (exact) mass is 448 g/mol. The second-order valence-electron chi connectivity index (χ2n) is 11.2. The van der Waals surface area contributed by atoms with E-state index < -0.39 is 8.07 Å². The summed E-state index contributed by atoms with van der Waals surface area (Å²) >= 11 is 0. The first-order chi connectivity index (χ1) is 15.5. The molecule has 1 heterocycles. The van der Waals surface area contributed by atoms with Gasteiger partial charge >= 0.3 is 0 Å². The van der Waals surface area contributed by atoms with Crippen molar-refractivity contribution in [2.45, 2.75) is 46.8 Å². The fourth-order valence-electron chi connectivity index (χ4n) is 4.43. The number of nitrogens with zero attached hydrogens (tertiary/aromatic N) is 2. The summed E-state index contributed by atoms with van der Waals surface area (Å²) in [7, 11) is -1.56. The molecule has 0 unspecified atom stereocenters. The maximum absolute atomic E-state index is 9.76. The van der Waals surface area contributed by atoms with Crippen LogP contribution in [0.3, 0.4) is 0 Å². The largest absolute Gasteiger partial charge is 0.255 e. The second kappa shape index (κ2) is 8.61. The molecular weight excluding hydrogens is 416 g/mol. The van der Waals surface area contributed by atoms with Crippen LogP contribution >= 0.6 is 0 Å². The SMILES string of the molecule is CC(C)(C)Cc1ccc(-c2cc(-c3cc([Si](C)(C)C)c4ccccc4c3)ncc2C#N)cc1. The van der Waals surface area contributed by atoms with Gasteiger partial charge in [0.15, 0.2) is 0 Å². The van der Waals surface area contributed by atoms with Crippen molar-refractivity contribution in [3.05, 3.63) is 84.1 Å². The third-order valence-electron chi connectivity index (χ3n) is 5.99. The smallest absolute Gasteiger partial charge is 0.101 e. The molecule has 0 spiro atoms. The number of fused-ring (bicyclic) bond motifs is 1. The third-order valence-corrected chi connectivity index (χ3v) is 8.02. The highest BCUT2D eigenvalue weighted by atomic mass is 28.3. The Balaban J connectivity index is 1.83. The molecule has 0 bridgehead atoms. The van der Waals surface area contributed by atoms with Gasteiger partial charge in [0, 0.05) is 17.3 Å². The van der Waals surface area contributed by atoms with Gasteiger partial charge in [-0.25, -0.2) is 0 Å². The molecule has 3 heteroatoms. The Hall–Kier alpha value is -3.22. The molecule has 0 radical (unpaired) electrons. The molecule has 166 valence electrons. The summed E-state index contributed by atoms with van der Waals surface area (Å²) in [6.45, 7) is 13.9. The molecule has 0 fully saturated rings. The highest BCUT2D eigenvalue weighted by Crippen LogP contribution is 2.31. The lowest BCUT2D eigenvalue weighted by molar-refractivity contribution is 0.411. The van der Waals surface area contributed by atoms with Gasteiger partial charge in [-0.1, -0.05) is 100 Å². The minimum Gasteiger partial charge on any atom is -0.255 e. The number of nitriles is 1. The van der Waals surface area contributed by atoms with Crippen molar-refractivity contribution in [2.75, 3.05) is 0 Å². The van der Waals surface area contributed by atoms with Gasteiger partial charge < -0.3 is 0 Å². The van der Waals surface area contributed by atoms with E-state index in [-0.39, 0.29) is 5.41 Å². The van der Waals surface area contributed by atoms with Crippen LogP contribution in [0.25, 0.3) is 33.2 Å². The van der Waals surface area contributed by atoms with E-state index in [4.69, 9.17) is 4.98 Å². The van der Waals surface area contributed by atoms with Crippen LogP contribution in [0.4, 0.5) is 0 Å². The van der Waals surface area contributed by atoms with Crippen molar-refractivity contribution in [1.82, 2.24) is 4.98 Å². The average Bonchev–Trinajstić information content (AvgIpc) is 2.76. The molecule has 4 rings (SSSR count). The van der Waals surface area contributed by atoms with Gasteiger partial charge in [0.2, 0.25) is 0 Å². The Kier molecular flexibility index (Phi) is 5.99. The molecule has 2 nitrogen and oxygen atoms in total. The van der Waals surface area contributed by atoms with E-state index in [1.807, 2.05) is 0 Å². The van der Waals surface area contributed by atoms with Crippen LogP contribution in [0.5, 0.6) is 0 Å².